The number of amides is 1. The van der Waals surface area contributed by atoms with Crippen LogP contribution in [0.4, 0.5) is 79.4 Å². The molecule has 7 nitrogen and oxygen atoms in total. The number of ether oxygens (including phenoxy) is 3. The molecule has 0 saturated heterocycles. The molecule has 24 heteroatoms. The van der Waals surface area contributed by atoms with Gasteiger partial charge in [-0.1, -0.05) is 27.4 Å². The van der Waals surface area contributed by atoms with Gasteiger partial charge in [-0.15, -0.1) is 0 Å². The predicted molar refractivity (Wildman–Crippen MR) is 145 cm³/mol. The SMILES string of the molecule is C=C(C)C(=O)OCCOC(=O)CCC1(C)CC(NC(=O)OCCC(F)(F)C(F)(F)C(F)(F)C(F)(F)C(F)(F)C(F)(F)C(F)(F)C(F)(F)F)CC(C)(C)C1. The summed E-state index contributed by atoms with van der Waals surface area (Å²) >= 11 is 0. The predicted octanol–water partition coefficient (Wildman–Crippen LogP) is 9.14. The van der Waals surface area contributed by atoms with E-state index in [1.807, 2.05) is 0 Å². The van der Waals surface area contributed by atoms with Gasteiger partial charge >= 0.3 is 65.7 Å². The molecule has 0 radical (unpaired) electrons. The minimum absolute atomic E-state index is 0.0524. The zero-order valence-electron chi connectivity index (χ0n) is 28.0. The Morgan fingerprint density at radius 1 is 0.660 bits per heavy atom. The lowest BCUT2D eigenvalue weighted by atomic mass is 9.61. The minimum atomic E-state index is -8.73. The molecule has 1 saturated carbocycles. The maximum absolute atomic E-state index is 14.2. The van der Waals surface area contributed by atoms with E-state index in [1.165, 1.54) is 6.92 Å². The maximum atomic E-state index is 14.2. The molecular weight excluding hydrogens is 781 g/mol. The third kappa shape index (κ3) is 9.90. The number of carbonyl (C=O) groups excluding carboxylic acids is 3. The molecule has 0 aliphatic heterocycles. The van der Waals surface area contributed by atoms with Gasteiger partial charge in [0.1, 0.15) is 13.2 Å². The third-order valence-corrected chi connectivity index (χ3v) is 8.06. The Morgan fingerprint density at radius 2 is 1.11 bits per heavy atom. The Morgan fingerprint density at radius 3 is 1.58 bits per heavy atom. The van der Waals surface area contributed by atoms with Crippen LogP contribution in [-0.2, 0) is 23.8 Å². The summed E-state index contributed by atoms with van der Waals surface area (Å²) in [5.74, 6) is -58.7. The van der Waals surface area contributed by atoms with E-state index in [9.17, 15) is 89.0 Å². The molecule has 0 aromatic heterocycles. The molecule has 1 fully saturated rings. The first kappa shape index (κ1) is 47.8. The van der Waals surface area contributed by atoms with Gasteiger partial charge in [0.2, 0.25) is 0 Å². The summed E-state index contributed by atoms with van der Waals surface area (Å²) in [6.07, 6.45) is -11.9. The fraction of sp³-hybridized carbons (Fsp3) is 0.828. The smallest absolute Gasteiger partial charge is 0.460 e. The Kier molecular flexibility index (Phi) is 14.0. The number of nitrogens with one attached hydrogen (secondary N) is 1. The number of carbonyl (C=O) groups is 3. The molecule has 0 spiro atoms. The highest BCUT2D eigenvalue weighted by Crippen LogP contribution is 2.64. The average molecular weight is 816 g/mol. The van der Waals surface area contributed by atoms with Crippen LogP contribution in [0.5, 0.6) is 0 Å². The number of hydrogen-bond donors (Lipinski definition) is 1. The molecule has 1 aliphatic carbocycles. The summed E-state index contributed by atoms with van der Waals surface area (Å²) in [6, 6.07) is -0.905. The lowest BCUT2D eigenvalue weighted by molar-refractivity contribution is -0.461. The standard InChI is InChI=1S/C29H34F17NO6/c1-15(2)18(49)52-11-10-51-17(48)6-7-21(5)13-16(12-20(3,4)14-21)47-19(50)53-9-8-22(30,31)23(32,33)24(34,35)25(36,37)26(38,39)27(40,41)28(42,43)29(44,45)46/h16H,1,6-14H2,2-5H3,(H,47,50). The largest absolute Gasteiger partial charge is 0.462 e. The van der Waals surface area contributed by atoms with Gasteiger partial charge in [0.05, 0.1) is 13.0 Å². The first-order valence-electron chi connectivity index (χ1n) is 15.0. The number of halogens is 17. The van der Waals surface area contributed by atoms with Crippen molar-refractivity contribution >= 4 is 18.0 Å². The van der Waals surface area contributed by atoms with E-state index in [0.717, 1.165) is 0 Å². The van der Waals surface area contributed by atoms with Crippen LogP contribution in [0.25, 0.3) is 0 Å². The number of alkyl carbamates (subject to hydrolysis) is 1. The first-order valence-corrected chi connectivity index (χ1v) is 15.0. The third-order valence-electron chi connectivity index (χ3n) is 8.06. The van der Waals surface area contributed by atoms with Crippen LogP contribution in [0.2, 0.25) is 0 Å². The van der Waals surface area contributed by atoms with Gasteiger partial charge in [-0.05, 0) is 43.4 Å². The van der Waals surface area contributed by atoms with Gasteiger partial charge in [-0.2, -0.15) is 74.6 Å². The van der Waals surface area contributed by atoms with E-state index in [1.54, 1.807) is 20.8 Å². The van der Waals surface area contributed by atoms with Gasteiger partial charge < -0.3 is 19.5 Å². The van der Waals surface area contributed by atoms with Gasteiger partial charge in [-0.3, -0.25) is 4.79 Å². The summed E-state index contributed by atoms with van der Waals surface area (Å²) in [4.78, 5) is 35.8. The summed E-state index contributed by atoms with van der Waals surface area (Å²) in [7, 11) is 0. The van der Waals surface area contributed by atoms with Crippen molar-refractivity contribution in [2.45, 2.75) is 120 Å². The first-order chi connectivity index (χ1) is 23.4. The Bertz CT molecular complexity index is 1350. The van der Waals surface area contributed by atoms with Crippen LogP contribution in [-0.4, -0.2) is 91.5 Å². The van der Waals surface area contributed by atoms with Crippen molar-refractivity contribution in [3.63, 3.8) is 0 Å². The van der Waals surface area contributed by atoms with Crippen molar-refractivity contribution in [3.05, 3.63) is 12.2 Å². The molecule has 0 aromatic rings. The van der Waals surface area contributed by atoms with Crippen LogP contribution >= 0.6 is 0 Å². The van der Waals surface area contributed by atoms with Crippen LogP contribution in [0.1, 0.15) is 66.2 Å². The second-order valence-electron chi connectivity index (χ2n) is 13.6. The lowest BCUT2D eigenvalue weighted by Gasteiger charge is -2.46. The molecule has 1 rings (SSSR count). The fourth-order valence-electron chi connectivity index (χ4n) is 5.65. The maximum Gasteiger partial charge on any atom is 0.460 e. The molecule has 0 aromatic carbocycles. The normalized spacial score (nSPS) is 20.7. The van der Waals surface area contributed by atoms with Crippen molar-refractivity contribution in [3.8, 4) is 0 Å². The van der Waals surface area contributed by atoms with Crippen LogP contribution < -0.4 is 5.32 Å². The molecule has 53 heavy (non-hydrogen) atoms. The van der Waals surface area contributed by atoms with E-state index >= 15 is 0 Å². The van der Waals surface area contributed by atoms with Crippen LogP contribution in [0.15, 0.2) is 12.2 Å². The van der Waals surface area contributed by atoms with Crippen molar-refractivity contribution in [2.24, 2.45) is 10.8 Å². The van der Waals surface area contributed by atoms with Crippen molar-refractivity contribution < 1.29 is 103 Å². The lowest BCUT2D eigenvalue weighted by Crippen LogP contribution is -2.74. The molecular formula is C29H34F17NO6. The topological polar surface area (TPSA) is 90.9 Å². The monoisotopic (exact) mass is 815 g/mol. The fourth-order valence-corrected chi connectivity index (χ4v) is 5.65. The summed E-state index contributed by atoms with van der Waals surface area (Å²) < 4.78 is 243. The average Bonchev–Trinajstić information content (AvgIpc) is 2.95. The van der Waals surface area contributed by atoms with Gasteiger partial charge in [-0.25, -0.2) is 9.59 Å². The van der Waals surface area contributed by atoms with Gasteiger partial charge in [0.25, 0.3) is 0 Å². The highest BCUT2D eigenvalue weighted by atomic mass is 19.4. The molecule has 1 amide bonds. The number of hydrogen-bond acceptors (Lipinski definition) is 6. The Hall–Kier alpha value is -3.24. The van der Waals surface area contributed by atoms with E-state index in [-0.39, 0.29) is 44.5 Å². The second kappa shape index (κ2) is 15.5. The minimum Gasteiger partial charge on any atom is -0.462 e. The number of esters is 2. The number of rotatable bonds is 17. The highest BCUT2D eigenvalue weighted by Gasteiger charge is 2.95. The van der Waals surface area contributed by atoms with E-state index < -0.39 is 95.6 Å². The molecule has 2 atom stereocenters. The summed E-state index contributed by atoms with van der Waals surface area (Å²) in [5, 5.41) is 2.14. The Labute approximate surface area is 289 Å². The summed E-state index contributed by atoms with van der Waals surface area (Å²) in [5.41, 5.74) is -1.26. The van der Waals surface area contributed by atoms with Crippen LogP contribution in [0.3, 0.4) is 0 Å². The van der Waals surface area contributed by atoms with E-state index in [0.29, 0.717) is 6.42 Å². The zero-order valence-corrected chi connectivity index (χ0v) is 28.0. The molecule has 310 valence electrons. The zero-order chi connectivity index (χ0) is 42.1. The van der Waals surface area contributed by atoms with E-state index in [2.05, 4.69) is 16.6 Å². The van der Waals surface area contributed by atoms with Gasteiger partial charge in [0.15, 0.2) is 0 Å². The van der Waals surface area contributed by atoms with Crippen LogP contribution in [0, 0.1) is 10.8 Å². The molecule has 2 unspecified atom stereocenters. The molecule has 0 bridgehead atoms. The van der Waals surface area contributed by atoms with Gasteiger partial charge in [0, 0.05) is 18.0 Å². The van der Waals surface area contributed by atoms with E-state index in [4.69, 9.17) is 9.47 Å². The quantitative estimate of drug-likeness (QED) is 0.0518. The molecule has 0 heterocycles. The van der Waals surface area contributed by atoms with Crippen molar-refractivity contribution in [1.82, 2.24) is 5.32 Å². The number of alkyl halides is 17. The Balaban J connectivity index is 2.96. The second-order valence-corrected chi connectivity index (χ2v) is 13.6. The highest BCUT2D eigenvalue weighted by molar-refractivity contribution is 5.86. The van der Waals surface area contributed by atoms with Crippen molar-refractivity contribution in [1.29, 1.82) is 0 Å². The summed E-state index contributed by atoms with van der Waals surface area (Å²) in [6.45, 7) is 7.22. The van der Waals surface area contributed by atoms with Crippen molar-refractivity contribution in [2.75, 3.05) is 19.8 Å². The molecule has 1 N–H and O–H groups in total. The molecule has 1 aliphatic rings.